The van der Waals surface area contributed by atoms with Gasteiger partial charge < -0.3 is 15.2 Å². The topological polar surface area (TPSA) is 78.9 Å². The molecule has 0 aromatic heterocycles. The fourth-order valence-corrected chi connectivity index (χ4v) is 4.52. The van der Waals surface area contributed by atoms with Gasteiger partial charge in [0, 0.05) is 23.2 Å². The van der Waals surface area contributed by atoms with E-state index >= 15 is 0 Å². The van der Waals surface area contributed by atoms with E-state index in [1.165, 1.54) is 0 Å². The first kappa shape index (κ1) is 19.0. The van der Waals surface area contributed by atoms with Crippen molar-refractivity contribution < 1.29 is 19.4 Å². The van der Waals surface area contributed by atoms with E-state index < -0.39 is 12.0 Å². The molecule has 3 unspecified atom stereocenters. The number of aliphatic carboxylic acids is 1. The van der Waals surface area contributed by atoms with Gasteiger partial charge in [-0.25, -0.2) is 0 Å². The molecular weight excluding hydrogens is 356 g/mol. The first-order valence-electron chi connectivity index (χ1n) is 9.07. The maximum absolute atomic E-state index is 12.5. The number of carbonyl (C=O) groups excluding carboxylic acids is 1. The van der Waals surface area contributed by atoms with Crippen molar-refractivity contribution in [2.45, 2.75) is 50.7 Å². The summed E-state index contributed by atoms with van der Waals surface area (Å²) in [5, 5.41) is 13.0. The first-order chi connectivity index (χ1) is 12.5. The molecule has 0 spiro atoms. The molecule has 26 heavy (non-hydrogen) atoms. The zero-order valence-electron chi connectivity index (χ0n) is 14.9. The van der Waals surface area contributed by atoms with E-state index in [2.05, 4.69) is 5.32 Å². The number of likely N-dealkylation sites (tertiary alicyclic amines) is 1. The zero-order valence-corrected chi connectivity index (χ0v) is 15.7. The van der Waals surface area contributed by atoms with Crippen molar-refractivity contribution in [3.8, 4) is 5.75 Å². The molecule has 2 fully saturated rings. The molecule has 1 heterocycles. The molecule has 6 nitrogen and oxygen atoms in total. The first-order valence-corrected chi connectivity index (χ1v) is 9.45. The fraction of sp³-hybridized carbons (Fsp3) is 0.579. The zero-order chi connectivity index (χ0) is 18.7. The molecule has 2 aliphatic rings. The van der Waals surface area contributed by atoms with Gasteiger partial charge in [-0.05, 0) is 43.4 Å². The number of carboxylic acids is 1. The second kappa shape index (κ2) is 8.27. The Morgan fingerprint density at radius 1 is 1.35 bits per heavy atom. The lowest BCUT2D eigenvalue weighted by molar-refractivity contribution is -0.143. The Kier molecular flexibility index (Phi) is 6.04. The van der Waals surface area contributed by atoms with E-state index in [-0.39, 0.29) is 18.5 Å². The number of hydrogen-bond acceptors (Lipinski definition) is 4. The number of amides is 1. The minimum absolute atomic E-state index is 0.112. The van der Waals surface area contributed by atoms with Crippen LogP contribution in [0.15, 0.2) is 18.2 Å². The van der Waals surface area contributed by atoms with Crippen LogP contribution in [0.1, 0.15) is 37.7 Å². The van der Waals surface area contributed by atoms with Crippen molar-refractivity contribution in [3.63, 3.8) is 0 Å². The van der Waals surface area contributed by atoms with Crippen LogP contribution in [0, 0.1) is 5.92 Å². The largest absolute Gasteiger partial charge is 0.496 e. The average Bonchev–Trinajstić information content (AvgIpc) is 2.99. The van der Waals surface area contributed by atoms with Gasteiger partial charge >= 0.3 is 5.97 Å². The molecule has 1 aromatic rings. The van der Waals surface area contributed by atoms with Crippen molar-refractivity contribution in [1.82, 2.24) is 10.2 Å². The van der Waals surface area contributed by atoms with Gasteiger partial charge in [0.2, 0.25) is 5.91 Å². The minimum atomic E-state index is -0.830. The third kappa shape index (κ3) is 4.13. The van der Waals surface area contributed by atoms with Crippen LogP contribution in [0.25, 0.3) is 0 Å². The lowest BCUT2D eigenvalue weighted by Crippen LogP contribution is -2.47. The number of halogens is 1. The van der Waals surface area contributed by atoms with Gasteiger partial charge in [0.05, 0.1) is 13.7 Å². The predicted molar refractivity (Wildman–Crippen MR) is 98.3 cm³/mol. The molecule has 1 aliphatic heterocycles. The highest BCUT2D eigenvalue weighted by Gasteiger charge is 2.45. The predicted octanol–water partition coefficient (Wildman–Crippen LogP) is 2.68. The van der Waals surface area contributed by atoms with Gasteiger partial charge in [-0.3, -0.25) is 14.5 Å². The Bertz CT molecular complexity index is 682. The lowest BCUT2D eigenvalue weighted by Gasteiger charge is -2.32. The summed E-state index contributed by atoms with van der Waals surface area (Å²) in [6.45, 7) is 0.406. The number of fused-ring (bicyclic) bond motifs is 1. The lowest BCUT2D eigenvalue weighted by atomic mass is 9.85. The second-order valence-corrected chi connectivity index (χ2v) is 7.54. The van der Waals surface area contributed by atoms with Crippen LogP contribution < -0.4 is 10.1 Å². The van der Waals surface area contributed by atoms with Gasteiger partial charge in [-0.1, -0.05) is 24.4 Å². The summed E-state index contributed by atoms with van der Waals surface area (Å²) in [6, 6.07) is 4.90. The number of benzene rings is 1. The second-order valence-electron chi connectivity index (χ2n) is 7.11. The summed E-state index contributed by atoms with van der Waals surface area (Å²) in [7, 11) is 1.57. The van der Waals surface area contributed by atoms with E-state index in [0.717, 1.165) is 31.2 Å². The Balaban J connectivity index is 1.63. The highest BCUT2D eigenvalue weighted by atomic mass is 35.5. The van der Waals surface area contributed by atoms with Crippen molar-refractivity contribution in [2.75, 3.05) is 13.7 Å². The van der Waals surface area contributed by atoms with E-state index in [0.29, 0.717) is 29.7 Å². The van der Waals surface area contributed by atoms with E-state index in [4.69, 9.17) is 16.3 Å². The highest BCUT2D eigenvalue weighted by molar-refractivity contribution is 6.30. The van der Waals surface area contributed by atoms with Gasteiger partial charge in [-0.2, -0.15) is 0 Å². The molecule has 2 N–H and O–H groups in total. The molecule has 0 bridgehead atoms. The average molecular weight is 381 g/mol. The molecule has 1 aromatic carbocycles. The maximum Gasteiger partial charge on any atom is 0.320 e. The fourth-order valence-electron chi connectivity index (χ4n) is 4.32. The van der Waals surface area contributed by atoms with Crippen molar-refractivity contribution in [1.29, 1.82) is 0 Å². The quantitative estimate of drug-likeness (QED) is 0.793. The minimum Gasteiger partial charge on any atom is -0.496 e. The summed E-state index contributed by atoms with van der Waals surface area (Å²) >= 11 is 6.02. The number of nitrogens with one attached hydrogen (secondary N) is 1. The molecule has 1 saturated carbocycles. The van der Waals surface area contributed by atoms with Gasteiger partial charge in [0.15, 0.2) is 0 Å². The summed E-state index contributed by atoms with van der Waals surface area (Å²) in [6.07, 6.45) is 4.94. The summed E-state index contributed by atoms with van der Waals surface area (Å²) in [5.41, 5.74) is 0.792. The highest BCUT2D eigenvalue weighted by Crippen LogP contribution is 2.39. The Morgan fingerprint density at radius 2 is 2.12 bits per heavy atom. The number of rotatable bonds is 6. The van der Waals surface area contributed by atoms with Crippen LogP contribution in [-0.4, -0.2) is 47.6 Å². The van der Waals surface area contributed by atoms with Crippen molar-refractivity contribution in [2.24, 2.45) is 5.92 Å². The maximum atomic E-state index is 12.5. The summed E-state index contributed by atoms with van der Waals surface area (Å²) < 4.78 is 5.29. The molecule has 142 valence electrons. The standard InChI is InChI=1S/C19H25ClN2O4/c1-26-17-7-6-14(20)8-13(17)10-21-18(23)11-22-15-5-3-2-4-12(15)9-16(22)19(24)25/h6-8,12,15-16H,2-5,9-11H2,1H3,(H,21,23)(H,24,25). The van der Waals surface area contributed by atoms with E-state index in [9.17, 15) is 14.7 Å². The molecular formula is C19H25ClN2O4. The molecule has 3 atom stereocenters. The number of ether oxygens (including phenoxy) is 1. The Labute approximate surface area is 158 Å². The number of carboxylic acid groups (broad SMARTS) is 1. The van der Waals surface area contributed by atoms with Crippen LogP contribution in [-0.2, 0) is 16.1 Å². The molecule has 1 aliphatic carbocycles. The number of methoxy groups -OCH3 is 1. The van der Waals surface area contributed by atoms with Crippen LogP contribution >= 0.6 is 11.6 Å². The molecule has 1 saturated heterocycles. The third-order valence-electron chi connectivity index (χ3n) is 5.55. The van der Waals surface area contributed by atoms with Crippen LogP contribution in [0.5, 0.6) is 5.75 Å². The smallest absolute Gasteiger partial charge is 0.320 e. The number of nitrogens with zero attached hydrogens (tertiary/aromatic N) is 1. The van der Waals surface area contributed by atoms with Crippen LogP contribution in [0.3, 0.4) is 0 Å². The number of hydrogen-bond donors (Lipinski definition) is 2. The molecule has 0 radical (unpaired) electrons. The Morgan fingerprint density at radius 3 is 2.85 bits per heavy atom. The third-order valence-corrected chi connectivity index (χ3v) is 5.79. The summed E-state index contributed by atoms with van der Waals surface area (Å²) in [4.78, 5) is 26.0. The molecule has 7 heteroatoms. The normalized spacial score (nSPS) is 25.5. The Hall–Kier alpha value is -1.79. The molecule has 3 rings (SSSR count). The monoisotopic (exact) mass is 380 g/mol. The van der Waals surface area contributed by atoms with Crippen LogP contribution in [0.4, 0.5) is 0 Å². The van der Waals surface area contributed by atoms with Gasteiger partial charge in [0.25, 0.3) is 0 Å². The van der Waals surface area contributed by atoms with E-state index in [1.54, 1.807) is 25.3 Å². The SMILES string of the molecule is COc1ccc(Cl)cc1CNC(=O)CN1C(C(=O)O)CC2CCCCC21. The summed E-state index contributed by atoms with van der Waals surface area (Å²) in [5.74, 6) is 0.0468. The van der Waals surface area contributed by atoms with Gasteiger partial charge in [0.1, 0.15) is 11.8 Å². The van der Waals surface area contributed by atoms with E-state index in [1.807, 2.05) is 4.90 Å². The van der Waals surface area contributed by atoms with Gasteiger partial charge in [-0.15, -0.1) is 0 Å². The van der Waals surface area contributed by atoms with Crippen molar-refractivity contribution >= 4 is 23.5 Å². The van der Waals surface area contributed by atoms with Crippen LogP contribution in [0.2, 0.25) is 5.02 Å². The van der Waals surface area contributed by atoms with Crippen molar-refractivity contribution in [3.05, 3.63) is 28.8 Å². The number of carbonyl (C=O) groups is 2. The molecule has 1 amide bonds.